The summed E-state index contributed by atoms with van der Waals surface area (Å²) in [6.07, 6.45) is 9.62. The minimum absolute atomic E-state index is 0.186. The third-order valence-electron chi connectivity index (χ3n) is 4.16. The van der Waals surface area contributed by atoms with Crippen LogP contribution in [-0.4, -0.2) is 36.9 Å². The van der Waals surface area contributed by atoms with E-state index in [-0.39, 0.29) is 22.8 Å². The molecule has 0 aromatic carbocycles. The lowest BCUT2D eigenvalue weighted by molar-refractivity contribution is 0.0109. The Morgan fingerprint density at radius 3 is 2.06 bits per heavy atom. The Hall–Kier alpha value is 1.06. The quantitative estimate of drug-likeness (QED) is 0.524. The van der Waals surface area contributed by atoms with Crippen LogP contribution in [0.4, 0.5) is 0 Å². The van der Waals surface area contributed by atoms with E-state index in [4.69, 9.17) is 13.3 Å². The van der Waals surface area contributed by atoms with E-state index in [0.29, 0.717) is 0 Å². The smallest absolute Gasteiger partial charge is 0.367 e. The van der Waals surface area contributed by atoms with Crippen LogP contribution in [-0.2, 0) is 13.3 Å². The van der Waals surface area contributed by atoms with Gasteiger partial charge in [-0.2, -0.15) is 0 Å². The van der Waals surface area contributed by atoms with Gasteiger partial charge in [0, 0.05) is 5.33 Å². The summed E-state index contributed by atoms with van der Waals surface area (Å²) in [6.45, 7) is 0. The molecular weight excluding hydrogens is 380 g/mol. The van der Waals surface area contributed by atoms with Crippen LogP contribution in [0.5, 0.6) is 0 Å². The molecule has 0 spiro atoms. The summed E-state index contributed by atoms with van der Waals surface area (Å²) in [5.74, 6) is 0. The Balaban J connectivity index is 1.75. The summed E-state index contributed by atoms with van der Waals surface area (Å²) in [5.41, 5.74) is 0. The van der Waals surface area contributed by atoms with E-state index in [1.807, 2.05) is 0 Å². The first kappa shape index (κ1) is 14.0. The average Bonchev–Trinajstić information content (AvgIpc) is 2.92. The Labute approximate surface area is 127 Å². The zero-order valence-corrected chi connectivity index (χ0v) is 14.6. The van der Waals surface area contributed by atoms with Crippen molar-refractivity contribution in [3.8, 4) is 0 Å². The van der Waals surface area contributed by atoms with E-state index >= 15 is 0 Å². The van der Waals surface area contributed by atoms with Gasteiger partial charge in [-0.25, -0.2) is 0 Å². The van der Waals surface area contributed by atoms with Gasteiger partial charge < -0.3 is 13.3 Å². The minimum atomic E-state index is -2.46. The van der Waals surface area contributed by atoms with Crippen LogP contribution in [0.25, 0.3) is 0 Å². The van der Waals surface area contributed by atoms with E-state index in [1.165, 1.54) is 32.1 Å². The number of alkyl halides is 2. The van der Waals surface area contributed by atoms with Crippen molar-refractivity contribution in [2.75, 3.05) is 5.33 Å². The highest BCUT2D eigenvalue weighted by atomic mass is 79.9. The first-order valence-corrected chi connectivity index (χ1v) is 10.8. The molecule has 3 nitrogen and oxygen atoms in total. The topological polar surface area (TPSA) is 27.7 Å². The van der Waals surface area contributed by atoms with Gasteiger partial charge in [0.15, 0.2) is 0 Å². The highest BCUT2D eigenvalue weighted by molar-refractivity contribution is 9.12. The van der Waals surface area contributed by atoms with Crippen LogP contribution in [0.15, 0.2) is 0 Å². The first-order chi connectivity index (χ1) is 8.75. The molecule has 2 aliphatic heterocycles. The predicted molar refractivity (Wildman–Crippen MR) is 79.2 cm³/mol. The number of hydrogen-bond donors (Lipinski definition) is 0. The van der Waals surface area contributed by atoms with E-state index in [9.17, 15) is 0 Å². The second kappa shape index (κ2) is 5.82. The fraction of sp³-hybridized carbons (Fsp3) is 1.00. The molecule has 0 amide bonds. The highest BCUT2D eigenvalue weighted by Crippen LogP contribution is 2.45. The van der Waals surface area contributed by atoms with E-state index in [0.717, 1.165) is 18.2 Å². The van der Waals surface area contributed by atoms with Gasteiger partial charge in [0.1, 0.15) is 0 Å². The van der Waals surface area contributed by atoms with Gasteiger partial charge in [-0.05, 0) is 12.8 Å². The maximum absolute atomic E-state index is 6.23. The van der Waals surface area contributed by atoms with Gasteiger partial charge in [0.05, 0.1) is 22.8 Å². The molecule has 0 N–H and O–H groups in total. The van der Waals surface area contributed by atoms with Gasteiger partial charge in [0.25, 0.3) is 0 Å². The normalized spacial score (nSPS) is 46.0. The van der Waals surface area contributed by atoms with Crippen molar-refractivity contribution in [2.45, 2.75) is 67.7 Å². The van der Waals surface area contributed by atoms with Gasteiger partial charge in [0.2, 0.25) is 0 Å². The number of halogens is 2. The summed E-state index contributed by atoms with van der Waals surface area (Å²) >= 11 is 7.19. The molecule has 3 aliphatic rings. The zero-order valence-electron chi connectivity index (χ0n) is 10.4. The lowest BCUT2D eigenvalue weighted by Crippen LogP contribution is -2.52. The molecule has 3 atom stereocenters. The molecule has 2 saturated heterocycles. The van der Waals surface area contributed by atoms with Gasteiger partial charge in [-0.3, -0.25) is 0 Å². The first-order valence-electron chi connectivity index (χ1n) is 6.99. The zero-order chi connectivity index (χ0) is 12.6. The molecule has 1 aliphatic carbocycles. The molecule has 1 saturated carbocycles. The second-order valence-corrected chi connectivity index (χ2v) is 10.7. The van der Waals surface area contributed by atoms with Gasteiger partial charge >= 0.3 is 8.80 Å². The molecule has 104 valence electrons. The van der Waals surface area contributed by atoms with Crippen molar-refractivity contribution < 1.29 is 13.3 Å². The molecule has 0 radical (unpaired) electrons. The van der Waals surface area contributed by atoms with Crippen LogP contribution in [0.3, 0.4) is 0 Å². The van der Waals surface area contributed by atoms with Crippen LogP contribution < -0.4 is 0 Å². The molecule has 3 fully saturated rings. The minimum Gasteiger partial charge on any atom is -0.367 e. The molecule has 3 rings (SSSR count). The third kappa shape index (κ3) is 2.49. The van der Waals surface area contributed by atoms with Crippen molar-refractivity contribution in [1.29, 1.82) is 0 Å². The van der Waals surface area contributed by atoms with Gasteiger partial charge in [-0.1, -0.05) is 64.0 Å². The van der Waals surface area contributed by atoms with Crippen molar-refractivity contribution in [3.63, 3.8) is 0 Å². The predicted octanol–water partition coefficient (Wildman–Crippen LogP) is 3.55. The van der Waals surface area contributed by atoms with E-state index in [1.54, 1.807) is 0 Å². The number of fused-ring (bicyclic) bond motifs is 1. The third-order valence-corrected chi connectivity index (χ3v) is 11.1. The standard InChI is InChI=1S/C12H20Br2O3Si/c13-8-11(14)18-15-9-6-4-2-1-3-5-7-10(16-18)12(9)17-18/h9-12H,1-8H2. The van der Waals surface area contributed by atoms with Crippen molar-refractivity contribution >= 4 is 40.7 Å². The lowest BCUT2D eigenvalue weighted by atomic mass is 9.95. The SMILES string of the molecule is BrCC(Br)[Si]12OC3CCCCCCCC(O1)C3O2. The monoisotopic (exact) mass is 398 g/mol. The molecule has 18 heavy (non-hydrogen) atoms. The summed E-state index contributed by atoms with van der Waals surface area (Å²) in [4.78, 5) is 0. The lowest BCUT2D eigenvalue weighted by Gasteiger charge is -2.32. The fourth-order valence-corrected chi connectivity index (χ4v) is 8.19. The molecule has 2 bridgehead atoms. The van der Waals surface area contributed by atoms with Crippen molar-refractivity contribution in [3.05, 3.63) is 0 Å². The summed E-state index contributed by atoms with van der Waals surface area (Å²) in [5, 5.41) is 0.825. The molecule has 2 heterocycles. The maximum atomic E-state index is 6.23. The van der Waals surface area contributed by atoms with Crippen LogP contribution >= 0.6 is 31.9 Å². The van der Waals surface area contributed by atoms with Gasteiger partial charge in [-0.15, -0.1) is 0 Å². The molecule has 3 unspecified atom stereocenters. The van der Waals surface area contributed by atoms with Crippen LogP contribution in [0.2, 0.25) is 0 Å². The fourth-order valence-electron chi connectivity index (χ4n) is 3.20. The second-order valence-electron chi connectivity index (χ2n) is 5.47. The molecule has 6 heteroatoms. The number of hydrogen-bond acceptors (Lipinski definition) is 3. The Morgan fingerprint density at radius 1 is 0.944 bits per heavy atom. The Bertz CT molecular complexity index is 282. The average molecular weight is 400 g/mol. The van der Waals surface area contributed by atoms with E-state index < -0.39 is 8.80 Å². The summed E-state index contributed by atoms with van der Waals surface area (Å²) in [7, 11) is -2.46. The summed E-state index contributed by atoms with van der Waals surface area (Å²) < 4.78 is 18.9. The summed E-state index contributed by atoms with van der Waals surface area (Å²) in [6, 6.07) is 0. The largest absolute Gasteiger partial charge is 0.517 e. The van der Waals surface area contributed by atoms with Crippen molar-refractivity contribution in [2.24, 2.45) is 0 Å². The maximum Gasteiger partial charge on any atom is 0.517 e. The molecule has 0 aromatic rings. The van der Waals surface area contributed by atoms with Crippen LogP contribution in [0.1, 0.15) is 44.9 Å². The highest BCUT2D eigenvalue weighted by Gasteiger charge is 2.66. The number of rotatable bonds is 2. The van der Waals surface area contributed by atoms with Crippen LogP contribution in [0, 0.1) is 0 Å². The Morgan fingerprint density at radius 2 is 1.50 bits per heavy atom. The molecule has 0 aromatic heterocycles. The Kier molecular flexibility index (Phi) is 4.53. The molecular formula is C12H20Br2O3Si. The van der Waals surface area contributed by atoms with E-state index in [2.05, 4.69) is 31.9 Å². The van der Waals surface area contributed by atoms with Crippen molar-refractivity contribution in [1.82, 2.24) is 0 Å².